The van der Waals surface area contributed by atoms with Gasteiger partial charge in [-0.25, -0.2) is 0 Å². The lowest BCUT2D eigenvalue weighted by Crippen LogP contribution is -2.69. The monoisotopic (exact) mass is 254 g/mol. The van der Waals surface area contributed by atoms with E-state index in [-0.39, 0.29) is 5.54 Å². The quantitative estimate of drug-likeness (QED) is 0.780. The van der Waals surface area contributed by atoms with Crippen molar-refractivity contribution in [2.24, 2.45) is 0 Å². The third kappa shape index (κ3) is 3.69. The number of piperazine rings is 1. The van der Waals surface area contributed by atoms with Gasteiger partial charge >= 0.3 is 0 Å². The van der Waals surface area contributed by atoms with Crippen molar-refractivity contribution in [3.05, 3.63) is 0 Å². The lowest BCUT2D eigenvalue weighted by molar-refractivity contribution is 0.0326. The second-order valence-electron chi connectivity index (χ2n) is 6.91. The Labute approximate surface area is 112 Å². The summed E-state index contributed by atoms with van der Waals surface area (Å²) in [5.41, 5.74) is 0.649. The summed E-state index contributed by atoms with van der Waals surface area (Å²) < 4.78 is 5.18. The highest BCUT2D eigenvalue weighted by molar-refractivity contribution is 5.03. The Balaban J connectivity index is 1.95. The van der Waals surface area contributed by atoms with Crippen molar-refractivity contribution < 1.29 is 4.74 Å². The Bertz CT molecular complexity index is 259. The molecular weight excluding hydrogens is 224 g/mol. The first-order chi connectivity index (χ1) is 8.55. The molecule has 1 saturated carbocycles. The number of nitrogens with zero attached hydrogens (tertiary/aromatic N) is 1. The van der Waals surface area contributed by atoms with Gasteiger partial charge in [-0.05, 0) is 33.1 Å². The first kappa shape index (κ1) is 14.3. The molecule has 2 aliphatic rings. The van der Waals surface area contributed by atoms with E-state index in [2.05, 4.69) is 24.1 Å². The van der Waals surface area contributed by atoms with Crippen LogP contribution in [0, 0.1) is 0 Å². The van der Waals surface area contributed by atoms with Gasteiger partial charge in [0.25, 0.3) is 0 Å². The van der Waals surface area contributed by atoms with Crippen molar-refractivity contribution in [1.82, 2.24) is 10.2 Å². The first-order valence-corrected chi connectivity index (χ1v) is 7.56. The number of hydrogen-bond donors (Lipinski definition) is 1. The van der Waals surface area contributed by atoms with Crippen molar-refractivity contribution in [3.63, 3.8) is 0 Å². The van der Waals surface area contributed by atoms with Gasteiger partial charge in [0.2, 0.25) is 0 Å². The minimum Gasteiger partial charge on any atom is -0.385 e. The van der Waals surface area contributed by atoms with Gasteiger partial charge in [0, 0.05) is 44.4 Å². The molecule has 0 bridgehead atoms. The van der Waals surface area contributed by atoms with Crippen LogP contribution in [0.15, 0.2) is 0 Å². The molecule has 2 fully saturated rings. The van der Waals surface area contributed by atoms with E-state index in [1.54, 1.807) is 7.11 Å². The third-order valence-corrected chi connectivity index (χ3v) is 4.38. The summed E-state index contributed by atoms with van der Waals surface area (Å²) in [5.74, 6) is 0. The van der Waals surface area contributed by atoms with Crippen LogP contribution in [0.5, 0.6) is 0 Å². The zero-order valence-corrected chi connectivity index (χ0v) is 12.4. The molecule has 1 N–H and O–H groups in total. The summed E-state index contributed by atoms with van der Waals surface area (Å²) in [5, 5.41) is 3.96. The van der Waals surface area contributed by atoms with E-state index in [1.807, 2.05) is 0 Å². The average molecular weight is 254 g/mol. The van der Waals surface area contributed by atoms with Gasteiger partial charge < -0.3 is 10.1 Å². The van der Waals surface area contributed by atoms with Crippen molar-refractivity contribution in [3.8, 4) is 0 Å². The van der Waals surface area contributed by atoms with Gasteiger partial charge in [0.05, 0.1) is 0 Å². The summed E-state index contributed by atoms with van der Waals surface area (Å²) in [7, 11) is 1.80. The van der Waals surface area contributed by atoms with Crippen molar-refractivity contribution >= 4 is 0 Å². The molecule has 0 radical (unpaired) electrons. The second-order valence-corrected chi connectivity index (χ2v) is 6.91. The number of methoxy groups -OCH3 is 1. The van der Waals surface area contributed by atoms with Gasteiger partial charge in [-0.15, -0.1) is 0 Å². The highest BCUT2D eigenvalue weighted by Gasteiger charge is 2.42. The molecular formula is C15H30N2O. The van der Waals surface area contributed by atoms with Gasteiger partial charge in [0.1, 0.15) is 0 Å². The van der Waals surface area contributed by atoms with Crippen LogP contribution >= 0.6 is 0 Å². The van der Waals surface area contributed by atoms with Crippen molar-refractivity contribution in [2.75, 3.05) is 33.4 Å². The van der Waals surface area contributed by atoms with Crippen LogP contribution in [-0.4, -0.2) is 49.3 Å². The second kappa shape index (κ2) is 5.89. The van der Waals surface area contributed by atoms with Crippen LogP contribution in [0.2, 0.25) is 0 Å². The maximum Gasteiger partial charge on any atom is 0.0474 e. The van der Waals surface area contributed by atoms with E-state index >= 15 is 0 Å². The van der Waals surface area contributed by atoms with Crippen LogP contribution in [-0.2, 0) is 4.74 Å². The SMILES string of the molecule is COCCCN1CC(C)(C)NC2(CCCCC2)C1. The van der Waals surface area contributed by atoms with E-state index in [4.69, 9.17) is 4.74 Å². The Morgan fingerprint density at radius 1 is 1.11 bits per heavy atom. The lowest BCUT2D eigenvalue weighted by Gasteiger charge is -2.53. The molecule has 3 heteroatoms. The van der Waals surface area contributed by atoms with Crippen LogP contribution in [0.4, 0.5) is 0 Å². The largest absolute Gasteiger partial charge is 0.385 e. The Hall–Kier alpha value is -0.120. The molecule has 106 valence electrons. The van der Waals surface area contributed by atoms with Gasteiger partial charge in [-0.3, -0.25) is 4.90 Å². The molecule has 1 aliphatic carbocycles. The minimum atomic E-state index is 0.253. The highest BCUT2D eigenvalue weighted by atomic mass is 16.5. The van der Waals surface area contributed by atoms with Crippen molar-refractivity contribution in [2.45, 2.75) is 63.5 Å². The Morgan fingerprint density at radius 3 is 2.50 bits per heavy atom. The summed E-state index contributed by atoms with van der Waals surface area (Å²) in [6.45, 7) is 9.17. The van der Waals surface area contributed by atoms with Gasteiger partial charge in [-0.1, -0.05) is 19.3 Å². The number of ether oxygens (including phenoxy) is 1. The Kier molecular flexibility index (Phi) is 4.68. The van der Waals surface area contributed by atoms with Crippen LogP contribution < -0.4 is 5.32 Å². The fraction of sp³-hybridized carbons (Fsp3) is 1.00. The van der Waals surface area contributed by atoms with E-state index in [0.29, 0.717) is 5.54 Å². The number of nitrogens with one attached hydrogen (secondary N) is 1. The third-order valence-electron chi connectivity index (χ3n) is 4.38. The molecule has 1 spiro atoms. The molecule has 0 unspecified atom stereocenters. The molecule has 0 aromatic carbocycles. The molecule has 1 saturated heterocycles. The van der Waals surface area contributed by atoms with Gasteiger partial charge in [-0.2, -0.15) is 0 Å². The molecule has 1 heterocycles. The molecule has 0 aromatic heterocycles. The summed E-state index contributed by atoms with van der Waals surface area (Å²) in [6.07, 6.45) is 8.09. The predicted molar refractivity (Wildman–Crippen MR) is 76.0 cm³/mol. The van der Waals surface area contributed by atoms with E-state index in [0.717, 1.165) is 13.0 Å². The molecule has 1 aliphatic heterocycles. The zero-order valence-electron chi connectivity index (χ0n) is 12.4. The molecule has 3 nitrogen and oxygen atoms in total. The summed E-state index contributed by atoms with van der Waals surface area (Å²) in [6, 6.07) is 0. The van der Waals surface area contributed by atoms with Crippen LogP contribution in [0.3, 0.4) is 0 Å². The zero-order chi connectivity index (χ0) is 13.1. The lowest BCUT2D eigenvalue weighted by atomic mass is 9.77. The fourth-order valence-corrected chi connectivity index (χ4v) is 3.94. The molecule has 0 amide bonds. The average Bonchev–Trinajstić information content (AvgIpc) is 2.28. The van der Waals surface area contributed by atoms with Crippen LogP contribution in [0.25, 0.3) is 0 Å². The summed E-state index contributed by atoms with van der Waals surface area (Å²) in [4.78, 5) is 2.65. The van der Waals surface area contributed by atoms with Gasteiger partial charge in [0.15, 0.2) is 0 Å². The fourth-order valence-electron chi connectivity index (χ4n) is 3.94. The Morgan fingerprint density at radius 2 is 1.83 bits per heavy atom. The van der Waals surface area contributed by atoms with E-state index < -0.39 is 0 Å². The maximum atomic E-state index is 5.18. The molecule has 0 atom stereocenters. The molecule has 0 aromatic rings. The topological polar surface area (TPSA) is 24.5 Å². The predicted octanol–water partition coefficient (Wildman–Crippen LogP) is 2.41. The standard InChI is InChI=1S/C15H30N2O/c1-14(2)12-17(10-7-11-18-3)13-15(16-14)8-5-4-6-9-15/h16H,4-13H2,1-3H3. The smallest absolute Gasteiger partial charge is 0.0474 e. The van der Waals surface area contributed by atoms with Crippen LogP contribution in [0.1, 0.15) is 52.4 Å². The highest BCUT2D eigenvalue weighted by Crippen LogP contribution is 2.34. The minimum absolute atomic E-state index is 0.253. The van der Waals surface area contributed by atoms with Crippen molar-refractivity contribution in [1.29, 1.82) is 0 Å². The van der Waals surface area contributed by atoms with E-state index in [9.17, 15) is 0 Å². The normalized spacial score (nSPS) is 27.5. The van der Waals surface area contributed by atoms with E-state index in [1.165, 1.54) is 51.7 Å². The molecule has 2 rings (SSSR count). The molecule has 18 heavy (non-hydrogen) atoms. The summed E-state index contributed by atoms with van der Waals surface area (Å²) >= 11 is 0. The number of rotatable bonds is 4. The first-order valence-electron chi connectivity index (χ1n) is 7.56. The maximum absolute atomic E-state index is 5.18. The number of hydrogen-bond acceptors (Lipinski definition) is 3.